The molecule has 17 heavy (non-hydrogen) atoms. The van der Waals surface area contributed by atoms with Gasteiger partial charge in [0.1, 0.15) is 5.78 Å². The predicted molar refractivity (Wildman–Crippen MR) is 73.2 cm³/mol. The quantitative estimate of drug-likeness (QED) is 0.707. The van der Waals surface area contributed by atoms with Crippen LogP contribution in [0.1, 0.15) is 59.8 Å². The molecular formula is C15H29NO. The molecule has 0 saturated heterocycles. The summed E-state index contributed by atoms with van der Waals surface area (Å²) in [5, 5.41) is 0. The van der Waals surface area contributed by atoms with Crippen LogP contribution in [0.5, 0.6) is 0 Å². The van der Waals surface area contributed by atoms with Crippen molar-refractivity contribution in [3.8, 4) is 0 Å². The lowest BCUT2D eigenvalue weighted by Crippen LogP contribution is -2.39. The van der Waals surface area contributed by atoms with E-state index in [-0.39, 0.29) is 5.92 Å². The van der Waals surface area contributed by atoms with Crippen LogP contribution in [0, 0.1) is 11.3 Å². The second kappa shape index (κ2) is 6.53. The van der Waals surface area contributed by atoms with Crippen LogP contribution in [0.2, 0.25) is 0 Å². The summed E-state index contributed by atoms with van der Waals surface area (Å²) in [5.41, 5.74) is 0.364. The zero-order valence-corrected chi connectivity index (χ0v) is 12.1. The molecule has 0 radical (unpaired) electrons. The van der Waals surface area contributed by atoms with Gasteiger partial charge in [0, 0.05) is 18.9 Å². The second-order valence-electron chi connectivity index (χ2n) is 6.33. The lowest BCUT2D eigenvalue weighted by atomic mass is 9.71. The van der Waals surface area contributed by atoms with Gasteiger partial charge in [0.05, 0.1) is 0 Å². The van der Waals surface area contributed by atoms with E-state index in [0.29, 0.717) is 11.2 Å². The van der Waals surface area contributed by atoms with Crippen molar-refractivity contribution in [3.05, 3.63) is 0 Å². The number of rotatable bonds is 6. The van der Waals surface area contributed by atoms with E-state index in [4.69, 9.17) is 0 Å². The van der Waals surface area contributed by atoms with Gasteiger partial charge in [-0.25, -0.2) is 0 Å². The van der Waals surface area contributed by atoms with Crippen LogP contribution in [0.25, 0.3) is 0 Å². The molecule has 2 nitrogen and oxygen atoms in total. The molecule has 1 fully saturated rings. The summed E-state index contributed by atoms with van der Waals surface area (Å²) in [5.74, 6) is 0.790. The number of hydrogen-bond acceptors (Lipinski definition) is 2. The van der Waals surface area contributed by atoms with E-state index in [2.05, 4.69) is 32.6 Å². The molecule has 1 saturated carbocycles. The number of ketones is 1. The zero-order chi connectivity index (χ0) is 12.9. The van der Waals surface area contributed by atoms with Crippen LogP contribution >= 0.6 is 0 Å². The number of carbonyl (C=O) groups excluding carboxylic acids is 1. The highest BCUT2D eigenvalue weighted by Crippen LogP contribution is 2.37. The van der Waals surface area contributed by atoms with Crippen molar-refractivity contribution in [1.29, 1.82) is 0 Å². The van der Waals surface area contributed by atoms with Gasteiger partial charge >= 0.3 is 0 Å². The Morgan fingerprint density at radius 2 is 1.82 bits per heavy atom. The van der Waals surface area contributed by atoms with Crippen molar-refractivity contribution in [2.75, 3.05) is 19.6 Å². The number of hydrogen-bond donors (Lipinski definition) is 0. The van der Waals surface area contributed by atoms with Crippen molar-refractivity contribution in [2.24, 2.45) is 11.3 Å². The molecule has 0 aliphatic heterocycles. The Labute approximate surface area is 107 Å². The summed E-state index contributed by atoms with van der Waals surface area (Å²) in [6, 6.07) is 0. The topological polar surface area (TPSA) is 20.3 Å². The highest BCUT2D eigenvalue weighted by Gasteiger charge is 2.34. The van der Waals surface area contributed by atoms with Gasteiger partial charge in [-0.05, 0) is 44.2 Å². The Morgan fingerprint density at radius 1 is 1.24 bits per heavy atom. The van der Waals surface area contributed by atoms with E-state index < -0.39 is 0 Å². The molecule has 1 rings (SSSR count). The van der Waals surface area contributed by atoms with Crippen molar-refractivity contribution in [3.63, 3.8) is 0 Å². The van der Waals surface area contributed by atoms with Gasteiger partial charge in [0.15, 0.2) is 0 Å². The van der Waals surface area contributed by atoms with Gasteiger partial charge in [0.25, 0.3) is 0 Å². The van der Waals surface area contributed by atoms with E-state index in [1.165, 1.54) is 12.8 Å². The standard InChI is InChI=1S/C15H29NO/c1-5-9-16(10-6-2)12-13-11-15(3,4)8-7-14(13)17/h13H,5-12H2,1-4H3. The Kier molecular flexibility index (Phi) is 5.64. The maximum Gasteiger partial charge on any atom is 0.137 e. The summed E-state index contributed by atoms with van der Waals surface area (Å²) in [7, 11) is 0. The highest BCUT2D eigenvalue weighted by molar-refractivity contribution is 5.82. The van der Waals surface area contributed by atoms with Crippen LogP contribution in [0.4, 0.5) is 0 Å². The molecule has 100 valence electrons. The van der Waals surface area contributed by atoms with Gasteiger partial charge < -0.3 is 4.90 Å². The average Bonchev–Trinajstić information content (AvgIpc) is 2.24. The van der Waals surface area contributed by atoms with Gasteiger partial charge in [-0.15, -0.1) is 0 Å². The van der Waals surface area contributed by atoms with E-state index in [1.807, 2.05) is 0 Å². The van der Waals surface area contributed by atoms with Crippen LogP contribution < -0.4 is 0 Å². The third kappa shape index (κ3) is 4.79. The van der Waals surface area contributed by atoms with Crippen LogP contribution in [-0.2, 0) is 4.79 Å². The molecule has 0 bridgehead atoms. The second-order valence-corrected chi connectivity index (χ2v) is 6.33. The van der Waals surface area contributed by atoms with Crippen molar-refractivity contribution >= 4 is 5.78 Å². The fraction of sp³-hybridized carbons (Fsp3) is 0.933. The summed E-state index contributed by atoms with van der Waals surface area (Å²) >= 11 is 0. The summed E-state index contributed by atoms with van der Waals surface area (Å²) < 4.78 is 0. The minimum absolute atomic E-state index is 0.289. The third-order valence-corrected chi connectivity index (χ3v) is 3.86. The number of Topliss-reactive ketones (excluding diaryl/α,β-unsaturated/α-hetero) is 1. The maximum absolute atomic E-state index is 12.0. The van der Waals surface area contributed by atoms with Gasteiger partial charge in [-0.2, -0.15) is 0 Å². The minimum atomic E-state index is 0.289. The van der Waals surface area contributed by atoms with Crippen molar-refractivity contribution in [2.45, 2.75) is 59.8 Å². The lowest BCUT2D eigenvalue weighted by Gasteiger charge is -2.36. The van der Waals surface area contributed by atoms with Gasteiger partial charge in [-0.3, -0.25) is 4.79 Å². The third-order valence-electron chi connectivity index (χ3n) is 3.86. The molecule has 0 aromatic heterocycles. The van der Waals surface area contributed by atoms with Crippen LogP contribution in [-0.4, -0.2) is 30.3 Å². The minimum Gasteiger partial charge on any atom is -0.303 e. The molecule has 0 amide bonds. The average molecular weight is 239 g/mol. The maximum atomic E-state index is 12.0. The van der Waals surface area contributed by atoms with E-state index in [0.717, 1.165) is 38.9 Å². The largest absolute Gasteiger partial charge is 0.303 e. The summed E-state index contributed by atoms with van der Waals surface area (Å²) in [6.07, 6.45) is 5.32. The van der Waals surface area contributed by atoms with Crippen molar-refractivity contribution < 1.29 is 4.79 Å². The van der Waals surface area contributed by atoms with Crippen LogP contribution in [0.15, 0.2) is 0 Å². The molecule has 0 N–H and O–H groups in total. The molecule has 1 unspecified atom stereocenters. The highest BCUT2D eigenvalue weighted by atomic mass is 16.1. The summed E-state index contributed by atoms with van der Waals surface area (Å²) in [6.45, 7) is 12.3. The smallest absolute Gasteiger partial charge is 0.137 e. The van der Waals surface area contributed by atoms with E-state index >= 15 is 0 Å². The molecule has 0 aromatic rings. The Balaban J connectivity index is 2.54. The van der Waals surface area contributed by atoms with Gasteiger partial charge in [-0.1, -0.05) is 27.7 Å². The first-order valence-electron chi connectivity index (χ1n) is 7.23. The number of carbonyl (C=O) groups is 1. The molecule has 0 heterocycles. The molecule has 1 aliphatic rings. The SMILES string of the molecule is CCCN(CCC)CC1CC(C)(C)CCC1=O. The first-order chi connectivity index (χ1) is 7.98. The molecule has 1 atom stereocenters. The van der Waals surface area contributed by atoms with E-state index in [1.54, 1.807) is 0 Å². The summed E-state index contributed by atoms with van der Waals surface area (Å²) in [4.78, 5) is 14.5. The Bertz CT molecular complexity index is 241. The molecule has 1 aliphatic carbocycles. The molecular weight excluding hydrogens is 210 g/mol. The number of nitrogens with zero attached hydrogens (tertiary/aromatic N) is 1. The molecule has 0 spiro atoms. The molecule has 2 heteroatoms. The predicted octanol–water partition coefficient (Wildman–Crippen LogP) is 3.50. The fourth-order valence-electron chi connectivity index (χ4n) is 2.95. The first kappa shape index (κ1) is 14.7. The Hall–Kier alpha value is -0.370. The monoisotopic (exact) mass is 239 g/mol. The van der Waals surface area contributed by atoms with Crippen molar-refractivity contribution in [1.82, 2.24) is 4.90 Å². The normalized spacial score (nSPS) is 24.3. The zero-order valence-electron chi connectivity index (χ0n) is 12.1. The first-order valence-corrected chi connectivity index (χ1v) is 7.23. The fourth-order valence-corrected chi connectivity index (χ4v) is 2.95. The van der Waals surface area contributed by atoms with E-state index in [9.17, 15) is 4.79 Å². The Morgan fingerprint density at radius 3 is 2.35 bits per heavy atom. The lowest BCUT2D eigenvalue weighted by molar-refractivity contribution is -0.127. The molecule has 0 aromatic carbocycles. The van der Waals surface area contributed by atoms with Gasteiger partial charge in [0.2, 0.25) is 0 Å². The van der Waals surface area contributed by atoms with Crippen LogP contribution in [0.3, 0.4) is 0 Å².